The quantitative estimate of drug-likeness (QED) is 0.209. The molecule has 4 fully saturated rings. The number of anilines is 1. The van der Waals surface area contributed by atoms with Gasteiger partial charge in [0.15, 0.2) is 0 Å². The number of aliphatic carboxylic acids is 1. The van der Waals surface area contributed by atoms with Gasteiger partial charge in [-0.25, -0.2) is 9.78 Å². The third kappa shape index (κ3) is 6.98. The predicted octanol–water partition coefficient (Wildman–Crippen LogP) is 6.52. The van der Waals surface area contributed by atoms with Crippen LogP contribution in [-0.2, 0) is 36.8 Å². The Morgan fingerprint density at radius 3 is 2.29 bits per heavy atom. The van der Waals surface area contributed by atoms with Crippen LogP contribution >= 0.6 is 0 Å². The van der Waals surface area contributed by atoms with Crippen LogP contribution in [-0.4, -0.2) is 57.4 Å². The van der Waals surface area contributed by atoms with Crippen LogP contribution in [0.3, 0.4) is 0 Å². The first-order valence-corrected chi connectivity index (χ1v) is 19.5. The van der Waals surface area contributed by atoms with Crippen LogP contribution in [0.5, 0.6) is 0 Å². The van der Waals surface area contributed by atoms with Crippen molar-refractivity contribution in [1.82, 2.24) is 14.9 Å². The SMILES string of the molecule is CC[C@H](NC(=O)[C@@H]1CC(C(C(=O)O)C(C)(C)C)c2ncc(N(Cc3ccccc3)C(=O)OCc3ccccc3)c(=O)n21)B1O[C@@H]2C[C@@H]3C[C@@H](C3(C)C)[C@]2(C)O1. The lowest BCUT2D eigenvalue weighted by Gasteiger charge is -2.64. The van der Waals surface area contributed by atoms with Crippen LogP contribution in [0.25, 0.3) is 0 Å². The van der Waals surface area contributed by atoms with Gasteiger partial charge in [-0.15, -0.1) is 0 Å². The molecule has 13 heteroatoms. The molecule has 2 aliphatic heterocycles. The van der Waals surface area contributed by atoms with Gasteiger partial charge in [-0.2, -0.15) is 0 Å². The molecular formula is C42H53BN4O8. The van der Waals surface area contributed by atoms with Gasteiger partial charge in [-0.05, 0) is 66.4 Å². The fourth-order valence-electron chi connectivity index (χ4n) is 9.86. The molecule has 2 aromatic carbocycles. The predicted molar refractivity (Wildman–Crippen MR) is 207 cm³/mol. The number of nitrogens with one attached hydrogen (secondary N) is 1. The Bertz CT molecular complexity index is 1980. The van der Waals surface area contributed by atoms with Crippen molar-refractivity contribution in [1.29, 1.82) is 0 Å². The number of rotatable bonds is 11. The monoisotopic (exact) mass is 752 g/mol. The summed E-state index contributed by atoms with van der Waals surface area (Å²) in [7, 11) is -0.681. The van der Waals surface area contributed by atoms with Gasteiger partial charge >= 0.3 is 19.2 Å². The van der Waals surface area contributed by atoms with Gasteiger partial charge in [0.1, 0.15) is 24.2 Å². The molecule has 3 aliphatic carbocycles. The van der Waals surface area contributed by atoms with E-state index in [1.54, 1.807) is 0 Å². The van der Waals surface area contributed by atoms with E-state index in [0.29, 0.717) is 18.3 Å². The maximum atomic E-state index is 14.8. The third-order valence-electron chi connectivity index (χ3n) is 13.0. The number of carboxylic acids is 1. The van der Waals surface area contributed by atoms with Crippen molar-refractivity contribution in [3.05, 3.63) is 94.2 Å². The van der Waals surface area contributed by atoms with Crippen LogP contribution in [0.2, 0.25) is 0 Å². The van der Waals surface area contributed by atoms with Crippen molar-refractivity contribution < 1.29 is 33.5 Å². The molecule has 0 radical (unpaired) electrons. The van der Waals surface area contributed by atoms with Crippen LogP contribution in [0.15, 0.2) is 71.7 Å². The standard InChI is InChI=1S/C42H53BN4O8/c1-8-33(43-54-32-20-27-19-31(41(27,5)6)42(32,7)55-43)45-36(48)29-21-28(34(38(50)51)40(2,3)4)35-44-22-30(37(49)47(29)35)46(23-25-15-11-9-12-16-25)39(52)53-24-26-17-13-10-14-18-26/h9-18,22,27-29,31-34H,8,19-21,23-24H2,1-7H3,(H,45,48)(H,50,51)/t27-,28?,29-,31-,32+,33-,34?,42-/m0/s1. The second-order valence-corrected chi connectivity index (χ2v) is 17.7. The molecule has 2 N–H and O–H groups in total. The largest absolute Gasteiger partial charge is 0.481 e. The minimum absolute atomic E-state index is 0.00236. The van der Waals surface area contributed by atoms with E-state index in [1.165, 1.54) is 15.7 Å². The minimum atomic E-state index is -1.11. The van der Waals surface area contributed by atoms with Crippen LogP contribution in [0, 0.1) is 28.6 Å². The third-order valence-corrected chi connectivity index (χ3v) is 13.0. The number of carbonyl (C=O) groups excluding carboxylic acids is 2. The topological polar surface area (TPSA) is 149 Å². The van der Waals surface area contributed by atoms with Crippen molar-refractivity contribution in [2.24, 2.45) is 28.6 Å². The summed E-state index contributed by atoms with van der Waals surface area (Å²) in [6.45, 7) is 14.1. The van der Waals surface area contributed by atoms with Gasteiger partial charge in [-0.1, -0.05) is 102 Å². The first-order chi connectivity index (χ1) is 26.0. The zero-order valence-electron chi connectivity index (χ0n) is 32.9. The number of fused-ring (bicyclic) bond motifs is 1. The van der Waals surface area contributed by atoms with Crippen LogP contribution in [0.4, 0.5) is 10.5 Å². The molecule has 0 spiro atoms. The Labute approximate surface area is 323 Å². The van der Waals surface area contributed by atoms with Gasteiger partial charge in [-0.3, -0.25) is 23.9 Å². The van der Waals surface area contributed by atoms with Crippen molar-refractivity contribution in [2.45, 2.75) is 117 Å². The average molecular weight is 753 g/mol. The smallest absolute Gasteiger partial charge is 0.481 e. The van der Waals surface area contributed by atoms with E-state index < -0.39 is 65.5 Å². The molecule has 12 nitrogen and oxygen atoms in total. The second kappa shape index (κ2) is 14.5. The molecule has 1 aromatic heterocycles. The van der Waals surface area contributed by atoms with Crippen molar-refractivity contribution in [2.75, 3.05) is 4.90 Å². The Morgan fingerprint density at radius 1 is 1.04 bits per heavy atom. The highest BCUT2D eigenvalue weighted by Gasteiger charge is 2.68. The van der Waals surface area contributed by atoms with Gasteiger partial charge in [0, 0.05) is 5.92 Å². The highest BCUT2D eigenvalue weighted by molar-refractivity contribution is 6.47. The molecule has 1 saturated heterocycles. The van der Waals surface area contributed by atoms with Gasteiger partial charge in [0.2, 0.25) is 5.91 Å². The molecule has 3 saturated carbocycles. The second-order valence-electron chi connectivity index (χ2n) is 17.7. The molecule has 55 heavy (non-hydrogen) atoms. The molecular weight excluding hydrogens is 699 g/mol. The number of aromatic nitrogens is 2. The lowest BCUT2D eigenvalue weighted by atomic mass is 9.43. The molecule has 5 aliphatic rings. The van der Waals surface area contributed by atoms with E-state index in [-0.39, 0.29) is 42.6 Å². The first kappa shape index (κ1) is 38.8. The summed E-state index contributed by atoms with van der Waals surface area (Å²) in [6.07, 6.45) is 3.00. The van der Waals surface area contributed by atoms with Crippen molar-refractivity contribution in [3.63, 3.8) is 0 Å². The maximum Gasteiger partial charge on any atom is 0.481 e. The normalized spacial score (nSPS) is 27.3. The number of amides is 2. The zero-order chi connectivity index (χ0) is 39.4. The molecule has 3 heterocycles. The Balaban J connectivity index is 1.22. The Kier molecular flexibility index (Phi) is 10.3. The first-order valence-electron chi connectivity index (χ1n) is 19.5. The molecule has 2 unspecified atom stereocenters. The highest BCUT2D eigenvalue weighted by atomic mass is 16.7. The van der Waals surface area contributed by atoms with E-state index in [1.807, 2.05) is 88.4 Å². The van der Waals surface area contributed by atoms with E-state index in [2.05, 4.69) is 26.1 Å². The summed E-state index contributed by atoms with van der Waals surface area (Å²) in [5.74, 6) is -2.67. The van der Waals surface area contributed by atoms with Gasteiger partial charge < -0.3 is 24.5 Å². The summed E-state index contributed by atoms with van der Waals surface area (Å²) in [6, 6.07) is 17.3. The molecule has 2 amide bonds. The summed E-state index contributed by atoms with van der Waals surface area (Å²) in [5, 5.41) is 13.7. The fourth-order valence-corrected chi connectivity index (χ4v) is 9.86. The van der Waals surface area contributed by atoms with E-state index in [0.717, 1.165) is 24.0 Å². The maximum absolute atomic E-state index is 14.8. The van der Waals surface area contributed by atoms with E-state index >= 15 is 0 Å². The summed E-state index contributed by atoms with van der Waals surface area (Å²) < 4.78 is 20.3. The van der Waals surface area contributed by atoms with Gasteiger partial charge in [0.25, 0.3) is 5.56 Å². The van der Waals surface area contributed by atoms with Crippen molar-refractivity contribution >= 4 is 30.8 Å². The number of hydrogen-bond acceptors (Lipinski definition) is 8. The van der Waals surface area contributed by atoms with E-state index in [4.69, 9.17) is 19.0 Å². The lowest BCUT2D eigenvalue weighted by Crippen LogP contribution is -2.65. The molecule has 2 bridgehead atoms. The number of carbonyl (C=O) groups is 3. The molecule has 8 atom stereocenters. The Morgan fingerprint density at radius 2 is 1.69 bits per heavy atom. The van der Waals surface area contributed by atoms with Crippen molar-refractivity contribution in [3.8, 4) is 0 Å². The summed E-state index contributed by atoms with van der Waals surface area (Å²) in [4.78, 5) is 62.0. The number of benzene rings is 2. The number of hydrogen-bond donors (Lipinski definition) is 2. The van der Waals surface area contributed by atoms with Crippen LogP contribution in [0.1, 0.15) is 103 Å². The highest BCUT2D eigenvalue weighted by Crippen LogP contribution is 2.65. The Hall–Kier alpha value is -4.49. The van der Waals surface area contributed by atoms with Gasteiger partial charge in [0.05, 0.1) is 36.3 Å². The number of carboxylic acid groups (broad SMARTS) is 1. The summed E-state index contributed by atoms with van der Waals surface area (Å²) in [5.41, 5.74) is -0.260. The summed E-state index contributed by atoms with van der Waals surface area (Å²) >= 11 is 0. The molecule has 292 valence electrons. The molecule has 3 aromatic rings. The van der Waals surface area contributed by atoms with E-state index in [9.17, 15) is 24.3 Å². The molecule has 8 rings (SSSR count). The lowest BCUT2D eigenvalue weighted by molar-refractivity contribution is -0.199. The number of nitrogens with zero attached hydrogens (tertiary/aromatic N) is 3. The zero-order valence-corrected chi connectivity index (χ0v) is 32.9. The van der Waals surface area contributed by atoms with Crippen LogP contribution < -0.4 is 15.8 Å². The minimum Gasteiger partial charge on any atom is -0.481 e. The fraction of sp³-hybridized carbons (Fsp3) is 0.548. The average Bonchev–Trinajstić information content (AvgIpc) is 3.70. The number of ether oxygens (including phenoxy) is 1.